The first-order valence-corrected chi connectivity index (χ1v) is 11.9. The van der Waals surface area contributed by atoms with Gasteiger partial charge in [0.15, 0.2) is 19.7 Å². The maximum absolute atomic E-state index is 12.7. The van der Waals surface area contributed by atoms with Crippen LogP contribution in [0.25, 0.3) is 0 Å². The molecule has 1 aromatic carbocycles. The van der Waals surface area contributed by atoms with E-state index in [-0.39, 0.29) is 33.4 Å². The SMILES string of the molecule is CN(C)CCCNC(=O)c1cc(S(=O)(=O)C2CCS(=O)(=O)C2)ccc1Cl. The molecule has 146 valence electrons. The highest BCUT2D eigenvalue weighted by atomic mass is 35.5. The van der Waals surface area contributed by atoms with Crippen LogP contribution in [-0.2, 0) is 19.7 Å². The molecule has 1 N–H and O–H groups in total. The van der Waals surface area contributed by atoms with Crippen molar-refractivity contribution in [2.45, 2.75) is 23.0 Å². The fraction of sp³-hybridized carbons (Fsp3) is 0.562. The molecule has 1 heterocycles. The van der Waals surface area contributed by atoms with Crippen LogP contribution in [-0.4, -0.2) is 71.6 Å². The average Bonchev–Trinajstić information content (AvgIpc) is 2.92. The van der Waals surface area contributed by atoms with Crippen LogP contribution in [0.4, 0.5) is 0 Å². The third-order valence-electron chi connectivity index (χ3n) is 4.21. The Morgan fingerprint density at radius 3 is 2.62 bits per heavy atom. The van der Waals surface area contributed by atoms with Crippen molar-refractivity contribution in [3.05, 3.63) is 28.8 Å². The summed E-state index contributed by atoms with van der Waals surface area (Å²) in [6.07, 6.45) is 0.813. The smallest absolute Gasteiger partial charge is 0.252 e. The average molecular weight is 423 g/mol. The zero-order chi connectivity index (χ0) is 19.5. The summed E-state index contributed by atoms with van der Waals surface area (Å²) in [5, 5.41) is 1.88. The van der Waals surface area contributed by atoms with Crippen molar-refractivity contribution in [3.8, 4) is 0 Å². The lowest BCUT2D eigenvalue weighted by molar-refractivity contribution is 0.0952. The molecule has 2 rings (SSSR count). The Bertz CT molecular complexity index is 882. The van der Waals surface area contributed by atoms with E-state index in [1.807, 2.05) is 19.0 Å². The number of benzene rings is 1. The zero-order valence-electron chi connectivity index (χ0n) is 14.7. The standard InChI is InChI=1S/C16H23ClN2O5S2/c1-19(2)8-3-7-18-16(20)14-10-12(4-5-15(14)17)26(23,24)13-6-9-25(21,22)11-13/h4-5,10,13H,3,6-9,11H2,1-2H3,(H,18,20). The van der Waals surface area contributed by atoms with Crippen molar-refractivity contribution in [2.24, 2.45) is 0 Å². The molecule has 0 spiro atoms. The van der Waals surface area contributed by atoms with Crippen molar-refractivity contribution in [2.75, 3.05) is 38.7 Å². The van der Waals surface area contributed by atoms with E-state index in [0.29, 0.717) is 6.54 Å². The Morgan fingerprint density at radius 1 is 1.35 bits per heavy atom. The van der Waals surface area contributed by atoms with Crippen LogP contribution in [0.15, 0.2) is 23.1 Å². The number of hydrogen-bond donors (Lipinski definition) is 1. The Balaban J connectivity index is 2.17. The summed E-state index contributed by atoms with van der Waals surface area (Å²) in [6, 6.07) is 3.89. The molecule has 0 bridgehead atoms. The lowest BCUT2D eigenvalue weighted by atomic mass is 10.2. The normalized spacial score (nSPS) is 19.6. The topological polar surface area (TPSA) is 101 Å². The summed E-state index contributed by atoms with van der Waals surface area (Å²) in [7, 11) is -3.32. The van der Waals surface area contributed by atoms with E-state index < -0.39 is 30.8 Å². The first-order chi connectivity index (χ1) is 12.0. The minimum absolute atomic E-state index is 0.0680. The van der Waals surface area contributed by atoms with Gasteiger partial charge in [0.2, 0.25) is 0 Å². The number of hydrogen-bond acceptors (Lipinski definition) is 6. The number of amides is 1. The molecule has 0 aromatic heterocycles. The second-order valence-corrected chi connectivity index (χ2v) is 11.5. The third kappa shape index (κ3) is 5.18. The van der Waals surface area contributed by atoms with Gasteiger partial charge < -0.3 is 10.2 Å². The van der Waals surface area contributed by atoms with Gasteiger partial charge in [-0.2, -0.15) is 0 Å². The van der Waals surface area contributed by atoms with E-state index >= 15 is 0 Å². The van der Waals surface area contributed by atoms with Gasteiger partial charge in [-0.05, 0) is 51.7 Å². The van der Waals surface area contributed by atoms with Gasteiger partial charge in [0.1, 0.15) is 0 Å². The summed E-state index contributed by atoms with van der Waals surface area (Å²) in [6.45, 7) is 1.24. The summed E-state index contributed by atoms with van der Waals surface area (Å²) >= 11 is 6.05. The van der Waals surface area contributed by atoms with Crippen LogP contribution in [0.2, 0.25) is 5.02 Å². The van der Waals surface area contributed by atoms with Crippen LogP contribution < -0.4 is 5.32 Å². The van der Waals surface area contributed by atoms with Crippen molar-refractivity contribution < 1.29 is 21.6 Å². The summed E-state index contributed by atoms with van der Waals surface area (Å²) in [5.41, 5.74) is 0.0680. The molecule has 1 aliphatic rings. The van der Waals surface area contributed by atoms with Crippen LogP contribution in [0.1, 0.15) is 23.2 Å². The predicted octanol–water partition coefficient (Wildman–Crippen LogP) is 0.982. The number of rotatable bonds is 7. The molecule has 1 aromatic rings. The number of carbonyl (C=O) groups is 1. The van der Waals surface area contributed by atoms with Crippen LogP contribution in [0.3, 0.4) is 0 Å². The molecule has 0 radical (unpaired) electrons. The zero-order valence-corrected chi connectivity index (χ0v) is 17.1. The molecule has 1 unspecified atom stereocenters. The largest absolute Gasteiger partial charge is 0.352 e. The number of nitrogens with zero attached hydrogens (tertiary/aromatic N) is 1. The highest BCUT2D eigenvalue weighted by Gasteiger charge is 2.38. The molecular formula is C16H23ClN2O5S2. The molecule has 1 saturated heterocycles. The highest BCUT2D eigenvalue weighted by Crippen LogP contribution is 2.28. The maximum atomic E-state index is 12.7. The lowest BCUT2D eigenvalue weighted by Gasteiger charge is -2.13. The van der Waals surface area contributed by atoms with Gasteiger partial charge >= 0.3 is 0 Å². The van der Waals surface area contributed by atoms with Gasteiger partial charge in [-0.1, -0.05) is 11.6 Å². The van der Waals surface area contributed by atoms with Crippen LogP contribution >= 0.6 is 11.6 Å². The molecule has 1 aliphatic heterocycles. The van der Waals surface area contributed by atoms with Gasteiger partial charge in [0.25, 0.3) is 5.91 Å². The molecule has 1 amide bonds. The fourth-order valence-corrected chi connectivity index (χ4v) is 7.33. The third-order valence-corrected chi connectivity index (χ3v) is 8.71. The fourth-order valence-electron chi connectivity index (χ4n) is 2.75. The Kier molecular flexibility index (Phi) is 6.70. The first-order valence-electron chi connectivity index (χ1n) is 8.20. The van der Waals surface area contributed by atoms with E-state index in [1.165, 1.54) is 18.2 Å². The molecule has 0 aliphatic carbocycles. The summed E-state index contributed by atoms with van der Waals surface area (Å²) in [5.74, 6) is -0.974. The minimum atomic E-state index is -3.84. The second-order valence-electron chi connectivity index (χ2n) is 6.62. The van der Waals surface area contributed by atoms with E-state index in [2.05, 4.69) is 5.32 Å². The molecule has 7 nitrogen and oxygen atoms in total. The van der Waals surface area contributed by atoms with E-state index in [0.717, 1.165) is 13.0 Å². The number of sulfone groups is 2. The monoisotopic (exact) mass is 422 g/mol. The molecule has 1 atom stereocenters. The van der Waals surface area contributed by atoms with Gasteiger partial charge in [-0.3, -0.25) is 4.79 Å². The second kappa shape index (κ2) is 8.24. The van der Waals surface area contributed by atoms with Crippen LogP contribution in [0.5, 0.6) is 0 Å². The highest BCUT2D eigenvalue weighted by molar-refractivity contribution is 7.96. The minimum Gasteiger partial charge on any atom is -0.352 e. The van der Waals surface area contributed by atoms with Gasteiger partial charge in [0, 0.05) is 6.54 Å². The van der Waals surface area contributed by atoms with E-state index in [9.17, 15) is 21.6 Å². The molecule has 1 fully saturated rings. The van der Waals surface area contributed by atoms with Crippen molar-refractivity contribution in [1.29, 1.82) is 0 Å². The van der Waals surface area contributed by atoms with Crippen molar-refractivity contribution in [3.63, 3.8) is 0 Å². The number of carbonyl (C=O) groups excluding carboxylic acids is 1. The maximum Gasteiger partial charge on any atom is 0.252 e. The van der Waals surface area contributed by atoms with E-state index in [4.69, 9.17) is 11.6 Å². The first kappa shape index (κ1) is 21.1. The van der Waals surface area contributed by atoms with Gasteiger partial charge in [-0.15, -0.1) is 0 Å². The quantitative estimate of drug-likeness (QED) is 0.657. The lowest BCUT2D eigenvalue weighted by Crippen LogP contribution is -2.28. The van der Waals surface area contributed by atoms with E-state index in [1.54, 1.807) is 0 Å². The van der Waals surface area contributed by atoms with Crippen molar-refractivity contribution >= 4 is 37.2 Å². The molecule has 10 heteroatoms. The Hall–Kier alpha value is -1.16. The molecular weight excluding hydrogens is 400 g/mol. The van der Waals surface area contributed by atoms with Crippen molar-refractivity contribution in [1.82, 2.24) is 10.2 Å². The predicted molar refractivity (Wildman–Crippen MR) is 101 cm³/mol. The number of nitrogens with one attached hydrogen (secondary N) is 1. The molecule has 0 saturated carbocycles. The van der Waals surface area contributed by atoms with Gasteiger partial charge in [-0.25, -0.2) is 16.8 Å². The molecule has 26 heavy (non-hydrogen) atoms. The summed E-state index contributed by atoms with van der Waals surface area (Å²) in [4.78, 5) is 14.2. The van der Waals surface area contributed by atoms with Gasteiger partial charge in [0.05, 0.1) is 32.2 Å². The number of halogens is 1. The van der Waals surface area contributed by atoms with Crippen LogP contribution in [0, 0.1) is 0 Å². The summed E-state index contributed by atoms with van der Waals surface area (Å²) < 4.78 is 48.6. The Morgan fingerprint density at radius 2 is 2.04 bits per heavy atom. The Labute approximate surface area is 159 Å².